The van der Waals surface area contributed by atoms with Crippen LogP contribution in [0.5, 0.6) is 5.75 Å². The molecule has 1 aromatic carbocycles. The van der Waals surface area contributed by atoms with Crippen LogP contribution in [-0.2, 0) is 14.3 Å². The van der Waals surface area contributed by atoms with Gasteiger partial charge in [-0.25, -0.2) is 0 Å². The predicted octanol–water partition coefficient (Wildman–Crippen LogP) is 2.33. The van der Waals surface area contributed by atoms with Crippen LogP contribution in [0, 0.1) is 5.41 Å². The van der Waals surface area contributed by atoms with Crippen molar-refractivity contribution in [2.24, 2.45) is 11.1 Å². The van der Waals surface area contributed by atoms with Crippen molar-refractivity contribution in [3.8, 4) is 5.75 Å². The lowest BCUT2D eigenvalue weighted by Gasteiger charge is -2.28. The van der Waals surface area contributed by atoms with Gasteiger partial charge in [0.2, 0.25) is 5.91 Å². The van der Waals surface area contributed by atoms with E-state index in [0.29, 0.717) is 30.8 Å². The number of anilines is 1. The van der Waals surface area contributed by atoms with Crippen molar-refractivity contribution < 1.29 is 19.1 Å². The van der Waals surface area contributed by atoms with Gasteiger partial charge in [-0.2, -0.15) is 0 Å². The smallest absolute Gasteiger partial charge is 0.308 e. The molecule has 0 saturated carbocycles. The molecule has 0 aromatic heterocycles. The maximum absolute atomic E-state index is 12.4. The number of amides is 1. The summed E-state index contributed by atoms with van der Waals surface area (Å²) in [5, 5.41) is 2.90. The van der Waals surface area contributed by atoms with Gasteiger partial charge in [-0.15, -0.1) is 0 Å². The van der Waals surface area contributed by atoms with Crippen LogP contribution in [0.2, 0.25) is 0 Å². The van der Waals surface area contributed by atoms with Gasteiger partial charge >= 0.3 is 5.97 Å². The molecule has 6 heteroatoms. The summed E-state index contributed by atoms with van der Waals surface area (Å²) in [7, 11) is 1.34. The molecule has 0 unspecified atom stereocenters. The number of hydrogen-bond donors (Lipinski definition) is 2. The molecule has 0 atom stereocenters. The minimum Gasteiger partial charge on any atom is -0.493 e. The average molecular weight is 322 g/mol. The van der Waals surface area contributed by atoms with Crippen molar-refractivity contribution in [1.29, 1.82) is 0 Å². The first-order valence-corrected chi connectivity index (χ1v) is 7.82. The zero-order valence-corrected chi connectivity index (χ0v) is 14.1. The summed E-state index contributed by atoms with van der Waals surface area (Å²) < 4.78 is 9.97. The summed E-state index contributed by atoms with van der Waals surface area (Å²) >= 11 is 0. The molecule has 6 nitrogen and oxygen atoms in total. The van der Waals surface area contributed by atoms with Gasteiger partial charge in [0.25, 0.3) is 0 Å². The van der Waals surface area contributed by atoms with E-state index in [-0.39, 0.29) is 24.9 Å². The largest absolute Gasteiger partial charge is 0.493 e. The van der Waals surface area contributed by atoms with Gasteiger partial charge in [0.05, 0.1) is 25.6 Å². The molecule has 0 saturated heterocycles. The van der Waals surface area contributed by atoms with Crippen LogP contribution < -0.4 is 15.8 Å². The Labute approximate surface area is 137 Å². The standard InChI is InChI=1S/C17H26N2O4/c1-4-17(5-2,12-18)16(21)19-13-6-8-14(9-7-13)23-11-10-15(20)22-3/h6-9H,4-5,10-12,18H2,1-3H3,(H,19,21). The zero-order chi connectivity index (χ0) is 17.3. The highest BCUT2D eigenvalue weighted by molar-refractivity contribution is 5.95. The molecular weight excluding hydrogens is 296 g/mol. The summed E-state index contributed by atoms with van der Waals surface area (Å²) in [6.45, 7) is 4.50. The van der Waals surface area contributed by atoms with Gasteiger partial charge in [0.15, 0.2) is 0 Å². The van der Waals surface area contributed by atoms with Gasteiger partial charge in [0, 0.05) is 12.2 Å². The molecule has 0 radical (unpaired) electrons. The number of esters is 1. The van der Waals surface area contributed by atoms with E-state index in [2.05, 4.69) is 10.1 Å². The van der Waals surface area contributed by atoms with E-state index < -0.39 is 5.41 Å². The van der Waals surface area contributed by atoms with Crippen molar-refractivity contribution >= 4 is 17.6 Å². The second-order valence-electron chi connectivity index (χ2n) is 5.34. The van der Waals surface area contributed by atoms with Crippen molar-refractivity contribution in [2.45, 2.75) is 33.1 Å². The van der Waals surface area contributed by atoms with E-state index in [1.165, 1.54) is 7.11 Å². The van der Waals surface area contributed by atoms with E-state index >= 15 is 0 Å². The number of nitrogens with one attached hydrogen (secondary N) is 1. The van der Waals surface area contributed by atoms with Gasteiger partial charge in [-0.05, 0) is 37.1 Å². The summed E-state index contributed by atoms with van der Waals surface area (Å²) in [5.74, 6) is 0.249. The maximum Gasteiger partial charge on any atom is 0.308 e. The van der Waals surface area contributed by atoms with Crippen molar-refractivity contribution in [2.75, 3.05) is 25.6 Å². The van der Waals surface area contributed by atoms with Gasteiger partial charge in [0.1, 0.15) is 5.75 Å². The molecule has 1 aromatic rings. The number of carbonyl (C=O) groups is 2. The SMILES string of the molecule is CCC(CC)(CN)C(=O)Nc1ccc(OCCC(=O)OC)cc1. The highest BCUT2D eigenvalue weighted by Crippen LogP contribution is 2.27. The lowest BCUT2D eigenvalue weighted by Crippen LogP contribution is -2.41. The molecule has 0 fully saturated rings. The highest BCUT2D eigenvalue weighted by Gasteiger charge is 2.33. The third-order valence-corrected chi connectivity index (χ3v) is 4.14. The maximum atomic E-state index is 12.4. The average Bonchev–Trinajstić information content (AvgIpc) is 2.58. The highest BCUT2D eigenvalue weighted by atomic mass is 16.5. The van der Waals surface area contributed by atoms with E-state index in [9.17, 15) is 9.59 Å². The molecule has 3 N–H and O–H groups in total. The molecule has 128 valence electrons. The molecule has 0 aliphatic heterocycles. The van der Waals surface area contributed by atoms with Crippen LogP contribution in [0.4, 0.5) is 5.69 Å². The Kier molecular flexibility index (Phi) is 7.54. The molecule has 1 rings (SSSR count). The van der Waals surface area contributed by atoms with Crippen molar-refractivity contribution in [3.63, 3.8) is 0 Å². The zero-order valence-electron chi connectivity index (χ0n) is 14.1. The normalized spacial score (nSPS) is 11.0. The minimum absolute atomic E-state index is 0.0654. The van der Waals surface area contributed by atoms with Gasteiger partial charge < -0.3 is 20.5 Å². The Morgan fingerprint density at radius 2 is 1.78 bits per heavy atom. The Balaban J connectivity index is 2.60. The van der Waals surface area contributed by atoms with Crippen LogP contribution >= 0.6 is 0 Å². The van der Waals surface area contributed by atoms with Crippen LogP contribution in [0.3, 0.4) is 0 Å². The van der Waals surface area contributed by atoms with E-state index in [1.807, 2.05) is 13.8 Å². The Hall–Kier alpha value is -2.08. The molecule has 0 aliphatic carbocycles. The van der Waals surface area contributed by atoms with E-state index in [4.69, 9.17) is 10.5 Å². The Morgan fingerprint density at radius 3 is 2.26 bits per heavy atom. The molecule has 1 amide bonds. The first-order chi connectivity index (χ1) is 11.0. The Bertz CT molecular complexity index is 502. The van der Waals surface area contributed by atoms with Crippen LogP contribution in [0.15, 0.2) is 24.3 Å². The predicted molar refractivity (Wildman–Crippen MR) is 89.3 cm³/mol. The fraction of sp³-hybridized carbons (Fsp3) is 0.529. The number of benzene rings is 1. The van der Waals surface area contributed by atoms with Gasteiger partial charge in [-0.1, -0.05) is 13.8 Å². The molecular formula is C17H26N2O4. The van der Waals surface area contributed by atoms with E-state index in [0.717, 1.165) is 0 Å². The number of carbonyl (C=O) groups excluding carboxylic acids is 2. The number of nitrogens with two attached hydrogens (primary N) is 1. The number of methoxy groups -OCH3 is 1. The third kappa shape index (κ3) is 5.25. The monoisotopic (exact) mass is 322 g/mol. The number of ether oxygens (including phenoxy) is 2. The molecule has 0 spiro atoms. The molecule has 23 heavy (non-hydrogen) atoms. The fourth-order valence-corrected chi connectivity index (χ4v) is 2.20. The summed E-state index contributed by atoms with van der Waals surface area (Å²) in [6.07, 6.45) is 1.59. The first-order valence-electron chi connectivity index (χ1n) is 7.82. The van der Waals surface area contributed by atoms with Crippen LogP contribution in [-0.4, -0.2) is 32.1 Å². The van der Waals surface area contributed by atoms with E-state index in [1.54, 1.807) is 24.3 Å². The quantitative estimate of drug-likeness (QED) is 0.681. The molecule has 0 aliphatic rings. The minimum atomic E-state index is -0.532. The number of rotatable bonds is 9. The van der Waals surface area contributed by atoms with Crippen LogP contribution in [0.1, 0.15) is 33.1 Å². The second kappa shape index (κ2) is 9.15. The van der Waals surface area contributed by atoms with Crippen LogP contribution in [0.25, 0.3) is 0 Å². The van der Waals surface area contributed by atoms with Crippen molar-refractivity contribution in [3.05, 3.63) is 24.3 Å². The topological polar surface area (TPSA) is 90.7 Å². The second-order valence-corrected chi connectivity index (χ2v) is 5.34. The third-order valence-electron chi connectivity index (χ3n) is 4.14. The van der Waals surface area contributed by atoms with Gasteiger partial charge in [-0.3, -0.25) is 9.59 Å². The summed E-state index contributed by atoms with van der Waals surface area (Å²) in [6, 6.07) is 7.01. The molecule has 0 bridgehead atoms. The lowest BCUT2D eigenvalue weighted by atomic mass is 9.81. The summed E-state index contributed by atoms with van der Waals surface area (Å²) in [5.41, 5.74) is 5.94. The molecule has 0 heterocycles. The van der Waals surface area contributed by atoms with Crippen molar-refractivity contribution in [1.82, 2.24) is 0 Å². The number of hydrogen-bond acceptors (Lipinski definition) is 5. The summed E-state index contributed by atoms with van der Waals surface area (Å²) in [4.78, 5) is 23.4. The fourth-order valence-electron chi connectivity index (χ4n) is 2.20. The first kappa shape index (κ1) is 19.0. The Morgan fingerprint density at radius 1 is 1.17 bits per heavy atom. The lowest BCUT2D eigenvalue weighted by molar-refractivity contribution is -0.141.